The molecular formula is C10H22OS. The maximum Gasteiger partial charge on any atom is 0.0548 e. The van der Waals surface area contributed by atoms with Crippen LogP contribution in [0.3, 0.4) is 0 Å². The van der Waals surface area contributed by atoms with Crippen LogP contribution in [0, 0.1) is 5.92 Å². The van der Waals surface area contributed by atoms with E-state index in [9.17, 15) is 5.11 Å². The molecule has 0 aliphatic carbocycles. The average Bonchev–Trinajstić information content (AvgIpc) is 2.00. The van der Waals surface area contributed by atoms with Crippen molar-refractivity contribution in [2.45, 2.75) is 45.6 Å². The number of aliphatic hydroxyl groups is 1. The van der Waals surface area contributed by atoms with Gasteiger partial charge in [0.2, 0.25) is 0 Å². The van der Waals surface area contributed by atoms with Gasteiger partial charge in [-0.05, 0) is 30.8 Å². The Kier molecular flexibility index (Phi) is 8.14. The molecule has 1 nitrogen and oxygen atoms in total. The molecule has 0 saturated heterocycles. The number of hydrogen-bond acceptors (Lipinski definition) is 2. The smallest absolute Gasteiger partial charge is 0.0548 e. The molecule has 0 bridgehead atoms. The molecule has 2 heteroatoms. The topological polar surface area (TPSA) is 20.2 Å². The summed E-state index contributed by atoms with van der Waals surface area (Å²) in [5, 5.41) is 9.48. The number of thioether (sulfide) groups is 1. The van der Waals surface area contributed by atoms with E-state index in [1.54, 1.807) is 0 Å². The molecule has 0 aromatic carbocycles. The van der Waals surface area contributed by atoms with Crippen molar-refractivity contribution >= 4 is 11.8 Å². The summed E-state index contributed by atoms with van der Waals surface area (Å²) in [6.07, 6.45) is 6.39. The second-order valence-electron chi connectivity index (χ2n) is 3.76. The second kappa shape index (κ2) is 7.93. The van der Waals surface area contributed by atoms with Crippen LogP contribution in [-0.2, 0) is 0 Å². The summed E-state index contributed by atoms with van der Waals surface area (Å²) in [5.41, 5.74) is 0. The maximum atomic E-state index is 9.48. The van der Waals surface area contributed by atoms with Crippen molar-refractivity contribution in [2.24, 2.45) is 5.92 Å². The quantitative estimate of drug-likeness (QED) is 0.666. The molecule has 0 rings (SSSR count). The van der Waals surface area contributed by atoms with Crippen LogP contribution in [-0.4, -0.2) is 23.2 Å². The zero-order chi connectivity index (χ0) is 9.40. The zero-order valence-electron chi connectivity index (χ0n) is 8.55. The minimum absolute atomic E-state index is 0.0591. The van der Waals surface area contributed by atoms with Crippen LogP contribution in [0.1, 0.15) is 39.5 Å². The molecule has 0 radical (unpaired) electrons. The lowest BCUT2D eigenvalue weighted by Crippen LogP contribution is -2.07. The Morgan fingerprint density at radius 2 is 1.83 bits per heavy atom. The van der Waals surface area contributed by atoms with E-state index >= 15 is 0 Å². The number of rotatable bonds is 7. The first-order valence-electron chi connectivity index (χ1n) is 4.83. The fraction of sp³-hybridized carbons (Fsp3) is 1.00. The van der Waals surface area contributed by atoms with Gasteiger partial charge in [0.05, 0.1) is 6.10 Å². The van der Waals surface area contributed by atoms with Crippen LogP contribution in [0.2, 0.25) is 0 Å². The molecule has 0 spiro atoms. The second-order valence-corrected chi connectivity index (χ2v) is 4.75. The predicted octanol–water partition coefficient (Wildman–Crippen LogP) is 2.93. The summed E-state index contributed by atoms with van der Waals surface area (Å²) in [6, 6.07) is 0. The highest BCUT2D eigenvalue weighted by atomic mass is 32.2. The zero-order valence-corrected chi connectivity index (χ0v) is 9.36. The molecule has 0 aliphatic heterocycles. The lowest BCUT2D eigenvalue weighted by Gasteiger charge is -2.10. The fourth-order valence-corrected chi connectivity index (χ4v) is 1.67. The van der Waals surface area contributed by atoms with Crippen molar-refractivity contribution in [3.63, 3.8) is 0 Å². The Bertz CT molecular complexity index is 93.8. The van der Waals surface area contributed by atoms with E-state index in [-0.39, 0.29) is 6.10 Å². The molecule has 74 valence electrons. The summed E-state index contributed by atoms with van der Waals surface area (Å²) < 4.78 is 0. The van der Waals surface area contributed by atoms with Crippen molar-refractivity contribution in [3.05, 3.63) is 0 Å². The summed E-state index contributed by atoms with van der Waals surface area (Å²) in [7, 11) is 0. The van der Waals surface area contributed by atoms with Gasteiger partial charge in [-0.25, -0.2) is 0 Å². The Hall–Kier alpha value is 0.310. The Labute approximate surface area is 80.9 Å². The summed E-state index contributed by atoms with van der Waals surface area (Å²) in [5.74, 6) is 1.86. The number of aliphatic hydroxyl groups excluding tert-OH is 1. The molecule has 0 saturated carbocycles. The molecule has 0 amide bonds. The van der Waals surface area contributed by atoms with Gasteiger partial charge in [-0.2, -0.15) is 11.8 Å². The lowest BCUT2D eigenvalue weighted by molar-refractivity contribution is 0.156. The first-order chi connectivity index (χ1) is 5.66. The third kappa shape index (κ3) is 8.41. The Morgan fingerprint density at radius 1 is 1.17 bits per heavy atom. The van der Waals surface area contributed by atoms with Crippen molar-refractivity contribution < 1.29 is 5.11 Å². The first kappa shape index (κ1) is 12.3. The van der Waals surface area contributed by atoms with Crippen molar-refractivity contribution in [1.29, 1.82) is 0 Å². The van der Waals surface area contributed by atoms with Crippen LogP contribution >= 0.6 is 11.8 Å². The van der Waals surface area contributed by atoms with Gasteiger partial charge in [-0.1, -0.05) is 26.7 Å². The van der Waals surface area contributed by atoms with Gasteiger partial charge in [0.1, 0.15) is 0 Å². The molecule has 0 aliphatic rings. The van der Waals surface area contributed by atoms with Crippen LogP contribution in [0.5, 0.6) is 0 Å². The van der Waals surface area contributed by atoms with E-state index < -0.39 is 0 Å². The van der Waals surface area contributed by atoms with Crippen molar-refractivity contribution in [1.82, 2.24) is 0 Å². The van der Waals surface area contributed by atoms with Gasteiger partial charge in [0.15, 0.2) is 0 Å². The molecule has 1 unspecified atom stereocenters. The lowest BCUT2D eigenvalue weighted by atomic mass is 10.0. The largest absolute Gasteiger partial charge is 0.393 e. The van der Waals surface area contributed by atoms with Crippen LogP contribution in [0.15, 0.2) is 0 Å². The molecule has 0 heterocycles. The highest BCUT2D eigenvalue weighted by molar-refractivity contribution is 7.98. The van der Waals surface area contributed by atoms with E-state index in [4.69, 9.17) is 0 Å². The minimum atomic E-state index is -0.0591. The van der Waals surface area contributed by atoms with Gasteiger partial charge in [0.25, 0.3) is 0 Å². The molecule has 0 aromatic heterocycles. The average molecular weight is 190 g/mol. The van der Waals surface area contributed by atoms with Crippen molar-refractivity contribution in [2.75, 3.05) is 12.0 Å². The standard InChI is InChI=1S/C10H22OS/c1-9(2)5-4-6-10(11)7-8-12-3/h9-11H,4-8H2,1-3H3. The summed E-state index contributed by atoms with van der Waals surface area (Å²) in [6.45, 7) is 4.46. The normalized spacial score (nSPS) is 13.8. The predicted molar refractivity (Wildman–Crippen MR) is 57.7 cm³/mol. The van der Waals surface area contributed by atoms with Gasteiger partial charge in [-0.3, -0.25) is 0 Å². The van der Waals surface area contributed by atoms with Crippen LogP contribution in [0.4, 0.5) is 0 Å². The Balaban J connectivity index is 3.13. The van der Waals surface area contributed by atoms with Crippen LogP contribution < -0.4 is 0 Å². The SMILES string of the molecule is CSCCC(O)CCCC(C)C. The highest BCUT2D eigenvalue weighted by Gasteiger charge is 2.03. The van der Waals surface area contributed by atoms with E-state index in [1.165, 1.54) is 12.8 Å². The van der Waals surface area contributed by atoms with E-state index in [0.717, 1.165) is 24.5 Å². The van der Waals surface area contributed by atoms with E-state index in [1.807, 2.05) is 11.8 Å². The maximum absolute atomic E-state index is 9.48. The monoisotopic (exact) mass is 190 g/mol. The molecule has 0 fully saturated rings. The summed E-state index contributed by atoms with van der Waals surface area (Å²) in [4.78, 5) is 0. The number of hydrogen-bond donors (Lipinski definition) is 1. The van der Waals surface area contributed by atoms with Gasteiger partial charge in [0, 0.05) is 0 Å². The molecule has 12 heavy (non-hydrogen) atoms. The van der Waals surface area contributed by atoms with E-state index in [2.05, 4.69) is 20.1 Å². The summed E-state index contributed by atoms with van der Waals surface area (Å²) >= 11 is 1.81. The molecular weight excluding hydrogens is 168 g/mol. The van der Waals surface area contributed by atoms with Crippen LogP contribution in [0.25, 0.3) is 0 Å². The van der Waals surface area contributed by atoms with E-state index in [0.29, 0.717) is 0 Å². The molecule has 0 aromatic rings. The molecule has 1 N–H and O–H groups in total. The van der Waals surface area contributed by atoms with Crippen molar-refractivity contribution in [3.8, 4) is 0 Å². The minimum Gasteiger partial charge on any atom is -0.393 e. The first-order valence-corrected chi connectivity index (χ1v) is 6.23. The van der Waals surface area contributed by atoms with Gasteiger partial charge >= 0.3 is 0 Å². The highest BCUT2D eigenvalue weighted by Crippen LogP contribution is 2.11. The molecule has 1 atom stereocenters. The fourth-order valence-electron chi connectivity index (χ4n) is 1.16. The van der Waals surface area contributed by atoms with Gasteiger partial charge < -0.3 is 5.11 Å². The third-order valence-electron chi connectivity index (χ3n) is 1.97. The Morgan fingerprint density at radius 3 is 2.33 bits per heavy atom. The third-order valence-corrected chi connectivity index (χ3v) is 2.62. The van der Waals surface area contributed by atoms with Gasteiger partial charge in [-0.15, -0.1) is 0 Å².